The number of nitrogens with one attached hydrogen (secondary N) is 1. The number of amides is 1. The summed E-state index contributed by atoms with van der Waals surface area (Å²) in [4.78, 5) is 11.2. The van der Waals surface area contributed by atoms with Crippen molar-refractivity contribution in [3.05, 3.63) is 12.7 Å². The predicted octanol–water partition coefficient (Wildman–Crippen LogP) is -0.491. The first-order valence-corrected chi connectivity index (χ1v) is 3.84. The fourth-order valence-corrected chi connectivity index (χ4v) is 0.835. The molecule has 6 nitrogen and oxygen atoms in total. The number of carbonyl (C=O) groups excluding carboxylic acids is 1. The average molecular weight is 184 g/mol. The van der Waals surface area contributed by atoms with Crippen LogP contribution < -0.4 is 5.43 Å². The van der Waals surface area contributed by atoms with E-state index >= 15 is 0 Å². The summed E-state index contributed by atoms with van der Waals surface area (Å²) >= 11 is 0. The van der Waals surface area contributed by atoms with E-state index < -0.39 is 5.60 Å². The smallest absolute Gasteiger partial charge is 0.241 e. The third-order valence-electron chi connectivity index (χ3n) is 1.27. The zero-order valence-electron chi connectivity index (χ0n) is 7.56. The number of hydrogen-bond donors (Lipinski definition) is 2. The highest BCUT2D eigenvalue weighted by atomic mass is 16.3. The van der Waals surface area contributed by atoms with Crippen LogP contribution >= 0.6 is 0 Å². The molecule has 0 bridgehead atoms. The fourth-order valence-electron chi connectivity index (χ4n) is 0.835. The van der Waals surface area contributed by atoms with Gasteiger partial charge in [-0.3, -0.25) is 10.2 Å². The molecule has 0 aliphatic rings. The van der Waals surface area contributed by atoms with Gasteiger partial charge in [0, 0.05) is 0 Å². The number of aliphatic hydroxyl groups is 1. The molecule has 0 atom stereocenters. The molecule has 1 aromatic heterocycles. The van der Waals surface area contributed by atoms with Crippen molar-refractivity contribution in [2.45, 2.75) is 25.9 Å². The molecule has 0 fully saturated rings. The van der Waals surface area contributed by atoms with E-state index in [1.54, 1.807) is 13.8 Å². The van der Waals surface area contributed by atoms with Gasteiger partial charge in [0.05, 0.1) is 12.0 Å². The van der Waals surface area contributed by atoms with Crippen molar-refractivity contribution in [2.75, 3.05) is 5.43 Å². The number of aromatic nitrogens is 3. The van der Waals surface area contributed by atoms with Crippen LogP contribution in [0.4, 0.5) is 0 Å². The summed E-state index contributed by atoms with van der Waals surface area (Å²) in [5.74, 6) is -0.285. The van der Waals surface area contributed by atoms with E-state index in [4.69, 9.17) is 0 Å². The molecule has 0 spiro atoms. The first-order valence-electron chi connectivity index (χ1n) is 3.84. The van der Waals surface area contributed by atoms with E-state index in [1.807, 2.05) is 0 Å². The summed E-state index contributed by atoms with van der Waals surface area (Å²) in [5.41, 5.74) is 1.47. The van der Waals surface area contributed by atoms with Gasteiger partial charge in [0.2, 0.25) is 5.91 Å². The van der Waals surface area contributed by atoms with Gasteiger partial charge in [0.25, 0.3) is 0 Å². The van der Waals surface area contributed by atoms with Crippen molar-refractivity contribution in [1.82, 2.24) is 14.9 Å². The summed E-state index contributed by atoms with van der Waals surface area (Å²) in [6, 6.07) is 0. The summed E-state index contributed by atoms with van der Waals surface area (Å²) in [6.07, 6.45) is 2.76. The molecule has 0 aromatic carbocycles. The van der Waals surface area contributed by atoms with Crippen molar-refractivity contribution >= 4 is 5.91 Å². The Balaban J connectivity index is 2.43. The van der Waals surface area contributed by atoms with Gasteiger partial charge in [-0.05, 0) is 13.8 Å². The molecule has 0 radical (unpaired) electrons. The van der Waals surface area contributed by atoms with Gasteiger partial charge in [-0.15, -0.1) is 10.2 Å². The van der Waals surface area contributed by atoms with Crippen LogP contribution in [-0.2, 0) is 4.79 Å². The van der Waals surface area contributed by atoms with Gasteiger partial charge >= 0.3 is 0 Å². The van der Waals surface area contributed by atoms with E-state index in [9.17, 15) is 9.90 Å². The van der Waals surface area contributed by atoms with Crippen LogP contribution in [-0.4, -0.2) is 31.5 Å². The number of rotatable bonds is 3. The molecular weight excluding hydrogens is 172 g/mol. The van der Waals surface area contributed by atoms with Crippen LogP contribution in [0, 0.1) is 0 Å². The molecule has 0 unspecified atom stereocenters. The van der Waals surface area contributed by atoms with E-state index in [1.165, 1.54) is 17.3 Å². The Morgan fingerprint density at radius 3 is 2.54 bits per heavy atom. The van der Waals surface area contributed by atoms with E-state index in [0.29, 0.717) is 0 Å². The van der Waals surface area contributed by atoms with Crippen LogP contribution in [0.1, 0.15) is 20.3 Å². The average Bonchev–Trinajstić information content (AvgIpc) is 2.34. The van der Waals surface area contributed by atoms with Gasteiger partial charge in [0.1, 0.15) is 12.7 Å². The van der Waals surface area contributed by atoms with Crippen LogP contribution in [0.15, 0.2) is 12.7 Å². The SMILES string of the molecule is CC(C)(O)CC(=O)Nn1cnnc1. The number of hydrogen-bond acceptors (Lipinski definition) is 4. The third-order valence-corrected chi connectivity index (χ3v) is 1.27. The first-order chi connectivity index (χ1) is 5.97. The van der Waals surface area contributed by atoms with Crippen LogP contribution in [0.2, 0.25) is 0 Å². The second-order valence-corrected chi connectivity index (χ2v) is 3.39. The summed E-state index contributed by atoms with van der Waals surface area (Å²) < 4.78 is 1.33. The monoisotopic (exact) mass is 184 g/mol. The molecule has 6 heteroatoms. The quantitative estimate of drug-likeness (QED) is 0.664. The minimum atomic E-state index is -1.00. The second kappa shape index (κ2) is 3.53. The zero-order chi connectivity index (χ0) is 9.90. The first kappa shape index (κ1) is 9.66. The lowest BCUT2D eigenvalue weighted by atomic mass is 10.1. The molecule has 1 rings (SSSR count). The van der Waals surface area contributed by atoms with Crippen molar-refractivity contribution in [3.8, 4) is 0 Å². The molecule has 1 amide bonds. The van der Waals surface area contributed by atoms with Crippen molar-refractivity contribution < 1.29 is 9.90 Å². The summed E-state index contributed by atoms with van der Waals surface area (Å²) in [6.45, 7) is 3.14. The topological polar surface area (TPSA) is 80.0 Å². The van der Waals surface area contributed by atoms with Gasteiger partial charge in [0.15, 0.2) is 0 Å². The normalized spacial score (nSPS) is 11.3. The van der Waals surface area contributed by atoms with Gasteiger partial charge in [-0.1, -0.05) is 0 Å². The lowest BCUT2D eigenvalue weighted by molar-refractivity contribution is -0.120. The highest BCUT2D eigenvalue weighted by Crippen LogP contribution is 2.06. The Morgan fingerprint density at radius 2 is 2.08 bits per heavy atom. The lowest BCUT2D eigenvalue weighted by Crippen LogP contribution is -2.30. The molecule has 0 aliphatic heterocycles. The van der Waals surface area contributed by atoms with Gasteiger partial charge in [-0.25, -0.2) is 4.68 Å². The Labute approximate surface area is 75.6 Å². The zero-order valence-corrected chi connectivity index (χ0v) is 7.56. The van der Waals surface area contributed by atoms with Gasteiger partial charge in [-0.2, -0.15) is 0 Å². The Hall–Kier alpha value is -1.43. The molecule has 13 heavy (non-hydrogen) atoms. The molecule has 0 aliphatic carbocycles. The molecule has 0 saturated carbocycles. The molecule has 2 N–H and O–H groups in total. The maximum absolute atomic E-state index is 11.2. The van der Waals surface area contributed by atoms with Crippen molar-refractivity contribution in [2.24, 2.45) is 0 Å². The molecule has 1 aromatic rings. The fraction of sp³-hybridized carbons (Fsp3) is 0.571. The standard InChI is InChI=1S/C7H12N4O2/c1-7(2,13)3-6(12)10-11-4-8-9-5-11/h4-5,13H,3H2,1-2H3,(H,10,12). The number of carbonyl (C=O) groups is 1. The molecule has 1 heterocycles. The van der Waals surface area contributed by atoms with E-state index in [2.05, 4.69) is 15.6 Å². The second-order valence-electron chi connectivity index (χ2n) is 3.39. The number of nitrogens with zero attached hydrogens (tertiary/aromatic N) is 3. The Bertz CT molecular complexity index is 275. The lowest BCUT2D eigenvalue weighted by Gasteiger charge is -2.15. The summed E-state index contributed by atoms with van der Waals surface area (Å²) in [5, 5.41) is 16.3. The highest BCUT2D eigenvalue weighted by molar-refractivity contribution is 5.84. The molecule has 72 valence electrons. The predicted molar refractivity (Wildman–Crippen MR) is 45.3 cm³/mol. The molecular formula is C7H12N4O2. The minimum absolute atomic E-state index is 0.0329. The van der Waals surface area contributed by atoms with Crippen molar-refractivity contribution in [3.63, 3.8) is 0 Å². The van der Waals surface area contributed by atoms with Gasteiger partial charge < -0.3 is 5.11 Å². The summed E-state index contributed by atoms with van der Waals surface area (Å²) in [7, 11) is 0. The van der Waals surface area contributed by atoms with Crippen molar-refractivity contribution in [1.29, 1.82) is 0 Å². The highest BCUT2D eigenvalue weighted by Gasteiger charge is 2.17. The van der Waals surface area contributed by atoms with Crippen LogP contribution in [0.25, 0.3) is 0 Å². The van der Waals surface area contributed by atoms with E-state index in [0.717, 1.165) is 0 Å². The van der Waals surface area contributed by atoms with Crippen LogP contribution in [0.3, 0.4) is 0 Å². The maximum atomic E-state index is 11.2. The van der Waals surface area contributed by atoms with Crippen LogP contribution in [0.5, 0.6) is 0 Å². The maximum Gasteiger partial charge on any atom is 0.241 e. The largest absolute Gasteiger partial charge is 0.390 e. The van der Waals surface area contributed by atoms with E-state index in [-0.39, 0.29) is 12.3 Å². The Morgan fingerprint density at radius 1 is 1.54 bits per heavy atom. The minimum Gasteiger partial charge on any atom is -0.390 e. The third kappa shape index (κ3) is 3.66. The Kier molecular flexibility index (Phi) is 2.62. The molecule has 0 saturated heterocycles.